The molecular formula is C25H25ClN6O. The average molecular weight is 461 g/mol. The summed E-state index contributed by atoms with van der Waals surface area (Å²) in [5.74, 6) is 0. The minimum atomic E-state index is -0.0866. The molecule has 0 unspecified atom stereocenters. The standard InChI is InChI=1S/C25H25ClN6O/c26-19-4-3-5-20(15-19)29-25(33)32-12-10-31(11-13-32)17-18-7-8-22-23(14-18)28-16-24(30-22)21-6-1-2-9-27-21/h1-9,14-16,28,30H,10-13,17H2,(H,29,33). The Kier molecular flexibility index (Phi) is 6.15. The first-order valence-corrected chi connectivity index (χ1v) is 11.3. The van der Waals surface area contributed by atoms with Crippen molar-refractivity contribution in [1.29, 1.82) is 0 Å². The number of rotatable bonds is 4. The van der Waals surface area contributed by atoms with Crippen LogP contribution in [0.1, 0.15) is 11.3 Å². The number of carbonyl (C=O) groups excluding carboxylic acids is 1. The van der Waals surface area contributed by atoms with Gasteiger partial charge in [-0.05, 0) is 48.0 Å². The Balaban J connectivity index is 1.15. The number of benzene rings is 2. The second kappa shape index (κ2) is 9.52. The fourth-order valence-electron chi connectivity index (χ4n) is 4.05. The van der Waals surface area contributed by atoms with Gasteiger partial charge in [0, 0.05) is 55.8 Å². The molecule has 3 N–H and O–H groups in total. The Morgan fingerprint density at radius 1 is 1.00 bits per heavy atom. The first-order chi connectivity index (χ1) is 16.1. The third kappa shape index (κ3) is 5.10. The summed E-state index contributed by atoms with van der Waals surface area (Å²) in [6, 6.07) is 19.4. The van der Waals surface area contributed by atoms with Crippen LogP contribution in [0.2, 0.25) is 5.02 Å². The van der Waals surface area contributed by atoms with E-state index < -0.39 is 0 Å². The Morgan fingerprint density at radius 2 is 1.88 bits per heavy atom. The van der Waals surface area contributed by atoms with Gasteiger partial charge in [-0.1, -0.05) is 29.8 Å². The molecule has 1 fully saturated rings. The minimum Gasteiger partial charge on any atom is -0.358 e. The van der Waals surface area contributed by atoms with Crippen LogP contribution in [-0.4, -0.2) is 47.0 Å². The van der Waals surface area contributed by atoms with E-state index in [9.17, 15) is 4.79 Å². The van der Waals surface area contributed by atoms with Gasteiger partial charge < -0.3 is 20.9 Å². The molecule has 7 nitrogen and oxygen atoms in total. The van der Waals surface area contributed by atoms with Crippen LogP contribution in [0, 0.1) is 0 Å². The molecule has 0 radical (unpaired) electrons. The maximum Gasteiger partial charge on any atom is 0.321 e. The highest BCUT2D eigenvalue weighted by molar-refractivity contribution is 6.30. The molecule has 2 aliphatic rings. The van der Waals surface area contributed by atoms with Crippen LogP contribution >= 0.6 is 11.6 Å². The van der Waals surface area contributed by atoms with Crippen LogP contribution < -0.4 is 16.0 Å². The third-order valence-corrected chi connectivity index (χ3v) is 6.04. The first-order valence-electron chi connectivity index (χ1n) is 11.0. The van der Waals surface area contributed by atoms with Gasteiger partial charge in [0.2, 0.25) is 0 Å². The summed E-state index contributed by atoms with van der Waals surface area (Å²) >= 11 is 6.00. The number of amides is 2. The molecule has 2 aromatic carbocycles. The number of hydrogen-bond donors (Lipinski definition) is 3. The van der Waals surface area contributed by atoms with Crippen molar-refractivity contribution in [2.24, 2.45) is 0 Å². The quantitative estimate of drug-likeness (QED) is 0.515. The molecule has 3 aromatic rings. The van der Waals surface area contributed by atoms with Gasteiger partial charge in [0.05, 0.1) is 22.8 Å². The maximum atomic E-state index is 12.6. The molecule has 2 amide bonds. The summed E-state index contributed by atoms with van der Waals surface area (Å²) in [6.45, 7) is 3.88. The van der Waals surface area contributed by atoms with Crippen molar-refractivity contribution in [3.8, 4) is 0 Å². The van der Waals surface area contributed by atoms with E-state index in [1.54, 1.807) is 18.3 Å². The van der Waals surface area contributed by atoms with Crippen molar-refractivity contribution < 1.29 is 4.79 Å². The lowest BCUT2D eigenvalue weighted by Crippen LogP contribution is -2.49. The zero-order valence-corrected chi connectivity index (χ0v) is 18.8. The third-order valence-electron chi connectivity index (χ3n) is 5.81. The van der Waals surface area contributed by atoms with Crippen LogP contribution in [0.3, 0.4) is 0 Å². The van der Waals surface area contributed by atoms with Crippen molar-refractivity contribution in [3.63, 3.8) is 0 Å². The monoisotopic (exact) mass is 460 g/mol. The number of piperazine rings is 1. The van der Waals surface area contributed by atoms with Gasteiger partial charge in [-0.25, -0.2) is 4.79 Å². The average Bonchev–Trinajstić information content (AvgIpc) is 2.85. The van der Waals surface area contributed by atoms with Crippen LogP contribution in [0.25, 0.3) is 5.70 Å². The summed E-state index contributed by atoms with van der Waals surface area (Å²) < 4.78 is 0. The highest BCUT2D eigenvalue weighted by atomic mass is 35.5. The van der Waals surface area contributed by atoms with E-state index >= 15 is 0 Å². The summed E-state index contributed by atoms with van der Waals surface area (Å²) in [6.07, 6.45) is 3.74. The predicted octanol–water partition coefficient (Wildman–Crippen LogP) is 4.92. The molecule has 1 saturated heterocycles. The van der Waals surface area contributed by atoms with E-state index in [1.807, 2.05) is 41.4 Å². The lowest BCUT2D eigenvalue weighted by molar-refractivity contribution is 0.143. The molecule has 2 aliphatic heterocycles. The van der Waals surface area contributed by atoms with Crippen molar-refractivity contribution in [2.45, 2.75) is 6.54 Å². The first kappa shape index (κ1) is 21.3. The van der Waals surface area contributed by atoms with E-state index in [4.69, 9.17) is 11.6 Å². The van der Waals surface area contributed by atoms with Gasteiger partial charge in [0.1, 0.15) is 0 Å². The van der Waals surface area contributed by atoms with Crippen molar-refractivity contribution in [1.82, 2.24) is 14.8 Å². The molecule has 0 spiro atoms. The number of nitrogens with zero attached hydrogens (tertiary/aromatic N) is 3. The Morgan fingerprint density at radius 3 is 2.67 bits per heavy atom. The molecule has 0 aliphatic carbocycles. The van der Waals surface area contributed by atoms with Gasteiger partial charge >= 0.3 is 6.03 Å². The fraction of sp³-hybridized carbons (Fsp3) is 0.200. The summed E-state index contributed by atoms with van der Waals surface area (Å²) in [7, 11) is 0. The maximum absolute atomic E-state index is 12.6. The second-order valence-corrected chi connectivity index (χ2v) is 8.56. The molecule has 5 rings (SSSR count). The molecular weight excluding hydrogens is 436 g/mol. The van der Waals surface area contributed by atoms with Gasteiger partial charge in [0.25, 0.3) is 0 Å². The number of halogens is 1. The molecule has 3 heterocycles. The van der Waals surface area contributed by atoms with E-state index in [0.717, 1.165) is 42.4 Å². The highest BCUT2D eigenvalue weighted by Gasteiger charge is 2.22. The van der Waals surface area contributed by atoms with Crippen LogP contribution in [0.15, 0.2) is 73.1 Å². The highest BCUT2D eigenvalue weighted by Crippen LogP contribution is 2.31. The Hall–Kier alpha value is -3.55. The summed E-state index contributed by atoms with van der Waals surface area (Å²) in [4.78, 5) is 21.2. The van der Waals surface area contributed by atoms with Crippen LogP contribution in [-0.2, 0) is 6.54 Å². The Labute approximate surface area is 198 Å². The number of anilines is 3. The van der Waals surface area contributed by atoms with Gasteiger partial charge in [-0.2, -0.15) is 0 Å². The van der Waals surface area contributed by atoms with Gasteiger partial charge in [-0.15, -0.1) is 0 Å². The lowest BCUT2D eigenvalue weighted by Gasteiger charge is -2.35. The normalized spacial score (nSPS) is 15.7. The summed E-state index contributed by atoms with van der Waals surface area (Å²) in [5, 5.41) is 10.4. The zero-order valence-electron chi connectivity index (χ0n) is 18.1. The van der Waals surface area contributed by atoms with Crippen molar-refractivity contribution >= 4 is 40.4 Å². The van der Waals surface area contributed by atoms with E-state index in [1.165, 1.54) is 5.56 Å². The second-order valence-electron chi connectivity index (χ2n) is 8.13. The van der Waals surface area contributed by atoms with Crippen LogP contribution in [0.4, 0.5) is 21.9 Å². The number of carbonyl (C=O) groups is 1. The van der Waals surface area contributed by atoms with Crippen molar-refractivity contribution in [3.05, 3.63) is 89.3 Å². The predicted molar refractivity (Wildman–Crippen MR) is 133 cm³/mol. The largest absolute Gasteiger partial charge is 0.358 e. The van der Waals surface area contributed by atoms with Crippen LogP contribution in [0.5, 0.6) is 0 Å². The van der Waals surface area contributed by atoms with Crippen molar-refractivity contribution in [2.75, 3.05) is 42.1 Å². The smallest absolute Gasteiger partial charge is 0.321 e. The Bertz CT molecular complexity index is 1170. The number of nitrogens with one attached hydrogen (secondary N) is 3. The van der Waals surface area contributed by atoms with Gasteiger partial charge in [0.15, 0.2) is 0 Å². The molecule has 0 atom stereocenters. The fourth-order valence-corrected chi connectivity index (χ4v) is 4.24. The minimum absolute atomic E-state index is 0.0866. The molecule has 33 heavy (non-hydrogen) atoms. The van der Waals surface area contributed by atoms with E-state index in [0.29, 0.717) is 23.8 Å². The topological polar surface area (TPSA) is 72.5 Å². The number of fused-ring (bicyclic) bond motifs is 1. The number of aromatic nitrogens is 1. The molecule has 1 aromatic heterocycles. The van der Waals surface area contributed by atoms with E-state index in [-0.39, 0.29) is 6.03 Å². The summed E-state index contributed by atoms with van der Waals surface area (Å²) in [5.41, 5.74) is 5.87. The number of urea groups is 1. The molecule has 0 bridgehead atoms. The van der Waals surface area contributed by atoms with Gasteiger partial charge in [-0.3, -0.25) is 9.88 Å². The molecule has 8 heteroatoms. The SMILES string of the molecule is O=C(Nc1cccc(Cl)c1)N1CCN(Cc2ccc3c(c2)NC=C(c2ccccn2)N3)CC1. The zero-order chi connectivity index (χ0) is 22.6. The number of hydrogen-bond acceptors (Lipinski definition) is 5. The molecule has 0 saturated carbocycles. The van der Waals surface area contributed by atoms with E-state index in [2.05, 4.69) is 44.0 Å². The molecule has 168 valence electrons. The lowest BCUT2D eigenvalue weighted by atomic mass is 10.1. The number of pyridine rings is 1.